The van der Waals surface area contributed by atoms with Crippen molar-refractivity contribution in [1.82, 2.24) is 0 Å². The Bertz CT molecular complexity index is 360. The Labute approximate surface area is 93.4 Å². The molecule has 0 N–H and O–H groups in total. The summed E-state index contributed by atoms with van der Waals surface area (Å²) in [5.74, 6) is 0. The average Bonchev–Trinajstić information content (AvgIpc) is 2.15. The number of carbonyl (C=O) groups excluding carboxylic acids is 1. The van der Waals surface area contributed by atoms with Crippen molar-refractivity contribution in [2.24, 2.45) is 0 Å². The minimum Gasteiger partial charge on any atom is -0.303 e. The summed E-state index contributed by atoms with van der Waals surface area (Å²) in [6, 6.07) is 3.99. The topological polar surface area (TPSA) is 17.1 Å². The fraction of sp³-hybridized carbons (Fsp3) is 0.300. The second kappa shape index (κ2) is 4.79. The molecule has 1 aromatic carbocycles. The molecule has 1 rings (SSSR count). The fourth-order valence-electron chi connectivity index (χ4n) is 1.17. The number of rotatable bonds is 3. The number of hydrogen-bond donors (Lipinski definition) is 0. The average molecular weight is 281 g/mol. The number of alkyl halides is 3. The first-order valence-electron chi connectivity index (χ1n) is 4.24. The van der Waals surface area contributed by atoms with Crippen LogP contribution in [0.1, 0.15) is 17.5 Å². The van der Waals surface area contributed by atoms with Gasteiger partial charge in [-0.05, 0) is 24.1 Å². The smallest absolute Gasteiger partial charge is 0.303 e. The summed E-state index contributed by atoms with van der Waals surface area (Å²) in [5.41, 5.74) is -0.191. The molecule has 0 unspecified atom stereocenters. The van der Waals surface area contributed by atoms with Gasteiger partial charge in [0.15, 0.2) is 0 Å². The molecule has 0 saturated heterocycles. The van der Waals surface area contributed by atoms with Crippen LogP contribution in [0.25, 0.3) is 0 Å². The van der Waals surface area contributed by atoms with Crippen molar-refractivity contribution in [2.45, 2.75) is 19.0 Å². The molecule has 0 aliphatic rings. The van der Waals surface area contributed by atoms with E-state index in [9.17, 15) is 18.0 Å². The zero-order valence-electron chi connectivity index (χ0n) is 7.64. The van der Waals surface area contributed by atoms with E-state index in [0.29, 0.717) is 18.3 Å². The summed E-state index contributed by atoms with van der Waals surface area (Å²) in [7, 11) is 0. The van der Waals surface area contributed by atoms with Crippen LogP contribution < -0.4 is 0 Å². The minimum absolute atomic E-state index is 0.0184. The van der Waals surface area contributed by atoms with E-state index in [0.717, 1.165) is 6.07 Å². The van der Waals surface area contributed by atoms with Crippen molar-refractivity contribution < 1.29 is 18.0 Å². The van der Waals surface area contributed by atoms with E-state index < -0.39 is 11.7 Å². The summed E-state index contributed by atoms with van der Waals surface area (Å²) < 4.78 is 37.4. The molecule has 82 valence electrons. The van der Waals surface area contributed by atoms with Gasteiger partial charge in [-0.1, -0.05) is 22.0 Å². The maximum absolute atomic E-state index is 12.5. The predicted molar refractivity (Wildman–Crippen MR) is 53.5 cm³/mol. The van der Waals surface area contributed by atoms with Crippen molar-refractivity contribution >= 4 is 22.2 Å². The van der Waals surface area contributed by atoms with Crippen molar-refractivity contribution in [2.75, 3.05) is 0 Å². The van der Waals surface area contributed by atoms with Crippen LogP contribution in [-0.2, 0) is 17.4 Å². The predicted octanol–water partition coefficient (Wildman–Crippen LogP) is 3.60. The molecule has 0 amide bonds. The Kier molecular flexibility index (Phi) is 3.90. The van der Waals surface area contributed by atoms with Gasteiger partial charge >= 0.3 is 6.18 Å². The highest BCUT2D eigenvalue weighted by Gasteiger charge is 2.32. The molecule has 0 bridgehead atoms. The Balaban J connectivity index is 3.00. The number of benzene rings is 1. The highest BCUT2D eigenvalue weighted by Crippen LogP contribution is 2.35. The van der Waals surface area contributed by atoms with Crippen LogP contribution in [0.4, 0.5) is 13.2 Å². The maximum atomic E-state index is 12.5. The molecule has 1 aromatic rings. The summed E-state index contributed by atoms with van der Waals surface area (Å²) in [5, 5.41) is 0. The molecule has 5 heteroatoms. The highest BCUT2D eigenvalue weighted by molar-refractivity contribution is 9.10. The summed E-state index contributed by atoms with van der Waals surface area (Å²) in [4.78, 5) is 10.1. The third kappa shape index (κ3) is 3.34. The van der Waals surface area contributed by atoms with Crippen molar-refractivity contribution in [3.8, 4) is 0 Å². The Morgan fingerprint density at radius 2 is 2.00 bits per heavy atom. The maximum Gasteiger partial charge on any atom is 0.417 e. The van der Waals surface area contributed by atoms with Gasteiger partial charge in [0.2, 0.25) is 0 Å². The first-order valence-corrected chi connectivity index (χ1v) is 5.03. The van der Waals surface area contributed by atoms with Gasteiger partial charge < -0.3 is 4.79 Å². The highest BCUT2D eigenvalue weighted by atomic mass is 79.9. The number of hydrogen-bond acceptors (Lipinski definition) is 1. The normalized spacial score (nSPS) is 11.5. The third-order valence-corrected chi connectivity index (χ3v) is 2.58. The molecule has 0 fully saturated rings. The zero-order valence-corrected chi connectivity index (χ0v) is 9.23. The van der Waals surface area contributed by atoms with Crippen LogP contribution in [0.5, 0.6) is 0 Å². The lowest BCUT2D eigenvalue weighted by Gasteiger charge is -2.10. The van der Waals surface area contributed by atoms with E-state index in [1.807, 2.05) is 0 Å². The standard InChI is InChI=1S/C10H8BrF3O/c11-9-4-3-7(2-1-5-15)6-8(9)10(12,13)14/h3-6H,1-2H2. The second-order valence-electron chi connectivity index (χ2n) is 3.02. The van der Waals surface area contributed by atoms with Gasteiger partial charge in [-0.25, -0.2) is 0 Å². The molecule has 0 heterocycles. The molecule has 0 radical (unpaired) electrons. The van der Waals surface area contributed by atoms with Crippen LogP contribution in [0.2, 0.25) is 0 Å². The quantitative estimate of drug-likeness (QED) is 0.774. The van der Waals surface area contributed by atoms with Crippen LogP contribution >= 0.6 is 15.9 Å². The lowest BCUT2D eigenvalue weighted by Crippen LogP contribution is -2.06. The lowest BCUT2D eigenvalue weighted by atomic mass is 10.1. The molecule has 0 atom stereocenters. The second-order valence-corrected chi connectivity index (χ2v) is 3.87. The summed E-state index contributed by atoms with van der Waals surface area (Å²) in [6.07, 6.45) is -3.11. The Morgan fingerprint density at radius 3 is 2.53 bits per heavy atom. The van der Waals surface area contributed by atoms with Crippen LogP contribution in [-0.4, -0.2) is 6.29 Å². The first kappa shape index (κ1) is 12.2. The molecular formula is C10H8BrF3O. The van der Waals surface area contributed by atoms with Gasteiger partial charge in [0.25, 0.3) is 0 Å². The first-order chi connectivity index (χ1) is 6.95. The molecule has 0 saturated carbocycles. The molecule has 0 spiro atoms. The molecule has 0 aromatic heterocycles. The minimum atomic E-state index is -4.37. The number of aryl methyl sites for hydroxylation is 1. The van der Waals surface area contributed by atoms with E-state index >= 15 is 0 Å². The van der Waals surface area contributed by atoms with E-state index in [2.05, 4.69) is 15.9 Å². The van der Waals surface area contributed by atoms with E-state index in [1.54, 1.807) is 6.07 Å². The van der Waals surface area contributed by atoms with Gasteiger partial charge in [0.05, 0.1) is 5.56 Å². The van der Waals surface area contributed by atoms with E-state index in [1.165, 1.54) is 6.07 Å². The monoisotopic (exact) mass is 280 g/mol. The van der Waals surface area contributed by atoms with Gasteiger partial charge in [-0.3, -0.25) is 0 Å². The molecule has 0 aliphatic carbocycles. The van der Waals surface area contributed by atoms with E-state index in [4.69, 9.17) is 0 Å². The Hall–Kier alpha value is -0.840. The largest absolute Gasteiger partial charge is 0.417 e. The molecule has 1 nitrogen and oxygen atoms in total. The summed E-state index contributed by atoms with van der Waals surface area (Å²) >= 11 is 2.84. The zero-order chi connectivity index (χ0) is 11.5. The SMILES string of the molecule is O=CCCc1ccc(Br)c(C(F)(F)F)c1. The van der Waals surface area contributed by atoms with Gasteiger partial charge in [-0.15, -0.1) is 0 Å². The van der Waals surface area contributed by atoms with Crippen LogP contribution in [0.15, 0.2) is 22.7 Å². The molecule has 0 aliphatic heterocycles. The Morgan fingerprint density at radius 1 is 1.33 bits per heavy atom. The van der Waals surface area contributed by atoms with E-state index in [-0.39, 0.29) is 10.9 Å². The number of aldehydes is 1. The van der Waals surface area contributed by atoms with Crippen LogP contribution in [0, 0.1) is 0 Å². The van der Waals surface area contributed by atoms with Gasteiger partial charge in [0, 0.05) is 10.9 Å². The van der Waals surface area contributed by atoms with Crippen molar-refractivity contribution in [3.05, 3.63) is 33.8 Å². The number of carbonyl (C=O) groups is 1. The van der Waals surface area contributed by atoms with Gasteiger partial charge in [-0.2, -0.15) is 13.2 Å². The molecular weight excluding hydrogens is 273 g/mol. The van der Waals surface area contributed by atoms with Crippen LogP contribution in [0.3, 0.4) is 0 Å². The molecule has 15 heavy (non-hydrogen) atoms. The van der Waals surface area contributed by atoms with Crippen molar-refractivity contribution in [3.63, 3.8) is 0 Å². The summed E-state index contributed by atoms with van der Waals surface area (Å²) in [6.45, 7) is 0. The fourth-order valence-corrected chi connectivity index (χ4v) is 1.64. The van der Waals surface area contributed by atoms with Gasteiger partial charge in [0.1, 0.15) is 6.29 Å². The lowest BCUT2D eigenvalue weighted by molar-refractivity contribution is -0.138. The van der Waals surface area contributed by atoms with Crippen molar-refractivity contribution in [1.29, 1.82) is 0 Å². The third-order valence-electron chi connectivity index (χ3n) is 1.89. The number of halogens is 4.